The highest BCUT2D eigenvalue weighted by atomic mass is 79.9. The summed E-state index contributed by atoms with van der Waals surface area (Å²) in [4.78, 5) is 0. The Hall–Kier alpha value is -1.52. The molecule has 0 aliphatic heterocycles. The van der Waals surface area contributed by atoms with E-state index in [0.717, 1.165) is 40.2 Å². The average Bonchev–Trinajstić information content (AvgIpc) is 2.69. The molecule has 4 heteroatoms. The maximum atomic E-state index is 6.21. The molecular weight excluding hydrogens is 414 g/mol. The van der Waals surface area contributed by atoms with E-state index in [-0.39, 0.29) is 0 Å². The molecule has 0 aliphatic rings. The van der Waals surface area contributed by atoms with E-state index in [0.29, 0.717) is 6.61 Å². The summed E-state index contributed by atoms with van der Waals surface area (Å²) in [6.07, 6.45) is 7.85. The Balaban J connectivity index is 1.94. The molecule has 0 bridgehead atoms. The number of nitrogens with one attached hydrogen (secondary N) is 1. The lowest BCUT2D eigenvalue weighted by molar-refractivity contribution is 0.280. The van der Waals surface area contributed by atoms with Gasteiger partial charge in [0.25, 0.3) is 0 Å². The predicted molar refractivity (Wildman–Crippen MR) is 121 cm³/mol. The first kappa shape index (κ1) is 22.8. The number of benzene rings is 2. The van der Waals surface area contributed by atoms with E-state index in [4.69, 9.17) is 9.47 Å². The molecule has 2 rings (SSSR count). The minimum Gasteiger partial charge on any atom is -0.493 e. The molecule has 0 aliphatic carbocycles. The molecule has 0 unspecified atom stereocenters. The van der Waals surface area contributed by atoms with Gasteiger partial charge in [-0.05, 0) is 37.6 Å². The number of methoxy groups -OCH3 is 1. The van der Waals surface area contributed by atoms with Crippen molar-refractivity contribution in [3.05, 3.63) is 57.6 Å². The molecule has 2 aromatic rings. The van der Waals surface area contributed by atoms with Gasteiger partial charge in [0.05, 0.1) is 7.11 Å². The lowest BCUT2D eigenvalue weighted by Crippen LogP contribution is -2.16. The highest BCUT2D eigenvalue weighted by Gasteiger charge is 2.14. The monoisotopic (exact) mass is 447 g/mol. The molecule has 0 aromatic heterocycles. The quantitative estimate of drug-likeness (QED) is 0.342. The van der Waals surface area contributed by atoms with Gasteiger partial charge in [-0.3, -0.25) is 0 Å². The van der Waals surface area contributed by atoms with E-state index in [1.165, 1.54) is 44.1 Å². The van der Waals surface area contributed by atoms with Crippen molar-refractivity contribution in [1.29, 1.82) is 0 Å². The standard InChI is InChI=1S/C24H34BrNO2/c1-4-5-6-7-8-9-15-26-17-21-22(25)13-14-23(27-3)24(21)28-18-20-12-10-11-19(2)16-20/h10-14,16,26H,4-9,15,17-18H2,1-3H3. The van der Waals surface area contributed by atoms with E-state index in [1.807, 2.05) is 12.1 Å². The fourth-order valence-corrected chi connectivity index (χ4v) is 3.72. The van der Waals surface area contributed by atoms with Crippen LogP contribution in [0, 0.1) is 6.92 Å². The molecule has 0 heterocycles. The van der Waals surface area contributed by atoms with Crippen LogP contribution in [0.2, 0.25) is 0 Å². The van der Waals surface area contributed by atoms with Crippen LogP contribution in [-0.2, 0) is 13.2 Å². The zero-order valence-corrected chi connectivity index (χ0v) is 19.1. The second-order valence-corrected chi connectivity index (χ2v) is 8.13. The van der Waals surface area contributed by atoms with Gasteiger partial charge < -0.3 is 14.8 Å². The average molecular weight is 448 g/mol. The van der Waals surface area contributed by atoms with Gasteiger partial charge in [0, 0.05) is 16.6 Å². The molecule has 3 nitrogen and oxygen atoms in total. The second kappa shape index (κ2) is 12.8. The summed E-state index contributed by atoms with van der Waals surface area (Å²) < 4.78 is 12.8. The van der Waals surface area contributed by atoms with Gasteiger partial charge in [-0.1, -0.05) is 84.8 Å². The maximum Gasteiger partial charge on any atom is 0.167 e. The van der Waals surface area contributed by atoms with Gasteiger partial charge in [0.1, 0.15) is 6.61 Å². The number of rotatable bonds is 13. The molecule has 0 atom stereocenters. The number of hydrogen-bond donors (Lipinski definition) is 1. The van der Waals surface area contributed by atoms with Crippen LogP contribution in [-0.4, -0.2) is 13.7 Å². The number of hydrogen-bond acceptors (Lipinski definition) is 3. The van der Waals surface area contributed by atoms with E-state index >= 15 is 0 Å². The highest BCUT2D eigenvalue weighted by Crippen LogP contribution is 2.36. The zero-order valence-electron chi connectivity index (χ0n) is 17.5. The molecule has 1 N–H and O–H groups in total. The summed E-state index contributed by atoms with van der Waals surface area (Å²) in [5.74, 6) is 1.58. The highest BCUT2D eigenvalue weighted by molar-refractivity contribution is 9.10. The summed E-state index contributed by atoms with van der Waals surface area (Å²) in [6, 6.07) is 12.4. The number of aryl methyl sites for hydroxylation is 1. The van der Waals surface area contributed by atoms with Crippen LogP contribution >= 0.6 is 15.9 Å². The predicted octanol–water partition coefficient (Wildman–Crippen LogP) is 6.80. The molecule has 0 saturated carbocycles. The van der Waals surface area contributed by atoms with Crippen LogP contribution in [0.4, 0.5) is 0 Å². The van der Waals surface area contributed by atoms with Crippen molar-refractivity contribution in [2.45, 2.75) is 65.5 Å². The SMILES string of the molecule is CCCCCCCCNCc1c(Br)ccc(OC)c1OCc1cccc(C)c1. The Morgan fingerprint density at radius 2 is 1.79 bits per heavy atom. The van der Waals surface area contributed by atoms with Crippen molar-refractivity contribution < 1.29 is 9.47 Å². The second-order valence-electron chi connectivity index (χ2n) is 7.28. The Morgan fingerprint density at radius 3 is 2.54 bits per heavy atom. The normalized spacial score (nSPS) is 10.9. The molecule has 0 radical (unpaired) electrons. The molecule has 0 spiro atoms. The van der Waals surface area contributed by atoms with E-state index in [9.17, 15) is 0 Å². The summed E-state index contributed by atoms with van der Waals surface area (Å²) >= 11 is 3.68. The minimum absolute atomic E-state index is 0.527. The van der Waals surface area contributed by atoms with E-state index in [1.54, 1.807) is 7.11 Å². The largest absolute Gasteiger partial charge is 0.493 e. The fourth-order valence-electron chi connectivity index (χ4n) is 3.27. The first-order chi connectivity index (χ1) is 13.7. The van der Waals surface area contributed by atoms with Gasteiger partial charge in [-0.2, -0.15) is 0 Å². The first-order valence-electron chi connectivity index (χ1n) is 10.4. The minimum atomic E-state index is 0.527. The van der Waals surface area contributed by atoms with Crippen molar-refractivity contribution in [2.24, 2.45) is 0 Å². The van der Waals surface area contributed by atoms with Crippen LogP contribution in [0.5, 0.6) is 11.5 Å². The molecule has 2 aromatic carbocycles. The molecular formula is C24H34BrNO2. The van der Waals surface area contributed by atoms with E-state index < -0.39 is 0 Å². The Morgan fingerprint density at radius 1 is 1.00 bits per heavy atom. The zero-order chi connectivity index (χ0) is 20.2. The lowest BCUT2D eigenvalue weighted by Gasteiger charge is -2.17. The van der Waals surface area contributed by atoms with Crippen LogP contribution in [0.25, 0.3) is 0 Å². The van der Waals surface area contributed by atoms with Crippen molar-refractivity contribution in [2.75, 3.05) is 13.7 Å². The maximum absolute atomic E-state index is 6.21. The number of ether oxygens (including phenoxy) is 2. The van der Waals surface area contributed by atoms with Gasteiger partial charge in [-0.15, -0.1) is 0 Å². The Labute approximate surface area is 179 Å². The Kier molecular flexibility index (Phi) is 10.4. The smallest absolute Gasteiger partial charge is 0.167 e. The van der Waals surface area contributed by atoms with Crippen LogP contribution in [0.1, 0.15) is 62.1 Å². The van der Waals surface area contributed by atoms with E-state index in [2.05, 4.69) is 59.4 Å². The van der Waals surface area contributed by atoms with Crippen molar-refractivity contribution in [1.82, 2.24) is 5.32 Å². The van der Waals surface area contributed by atoms with Gasteiger partial charge in [0.15, 0.2) is 11.5 Å². The van der Waals surface area contributed by atoms with Crippen molar-refractivity contribution in [3.8, 4) is 11.5 Å². The summed E-state index contributed by atoms with van der Waals surface area (Å²) in [7, 11) is 1.69. The molecule has 0 amide bonds. The van der Waals surface area contributed by atoms with Gasteiger partial charge >= 0.3 is 0 Å². The summed E-state index contributed by atoms with van der Waals surface area (Å²) in [5, 5.41) is 3.57. The summed E-state index contributed by atoms with van der Waals surface area (Å²) in [5.41, 5.74) is 3.51. The molecule has 0 saturated heterocycles. The van der Waals surface area contributed by atoms with Gasteiger partial charge in [-0.25, -0.2) is 0 Å². The van der Waals surface area contributed by atoms with Crippen LogP contribution < -0.4 is 14.8 Å². The van der Waals surface area contributed by atoms with Crippen molar-refractivity contribution in [3.63, 3.8) is 0 Å². The summed E-state index contributed by atoms with van der Waals surface area (Å²) in [6.45, 7) is 6.66. The topological polar surface area (TPSA) is 30.5 Å². The van der Waals surface area contributed by atoms with Gasteiger partial charge in [0.2, 0.25) is 0 Å². The van der Waals surface area contributed by atoms with Crippen LogP contribution in [0.15, 0.2) is 40.9 Å². The first-order valence-corrected chi connectivity index (χ1v) is 11.2. The molecule has 154 valence electrons. The third-order valence-corrected chi connectivity index (χ3v) is 5.60. The molecule has 28 heavy (non-hydrogen) atoms. The lowest BCUT2D eigenvalue weighted by atomic mass is 10.1. The fraction of sp³-hybridized carbons (Fsp3) is 0.500. The van der Waals surface area contributed by atoms with Crippen LogP contribution in [0.3, 0.4) is 0 Å². The number of halogens is 1. The van der Waals surface area contributed by atoms with Crippen molar-refractivity contribution >= 4 is 15.9 Å². The third-order valence-electron chi connectivity index (χ3n) is 4.86. The molecule has 0 fully saturated rings. The third kappa shape index (κ3) is 7.48. The number of unbranched alkanes of at least 4 members (excludes halogenated alkanes) is 5. The Bertz CT molecular complexity index is 718.